The first-order chi connectivity index (χ1) is 7.36. The number of aliphatic carboxylic acids is 1. The summed E-state index contributed by atoms with van der Waals surface area (Å²) in [5.74, 6) is -0.249. The average molecular weight is 225 g/mol. The molecule has 1 aliphatic carbocycles. The Bertz CT molecular complexity index is 286. The number of hydrogen-bond acceptors (Lipinski definition) is 2. The summed E-state index contributed by atoms with van der Waals surface area (Å²) in [4.78, 5) is 13.7. The second kappa shape index (κ2) is 3.73. The summed E-state index contributed by atoms with van der Waals surface area (Å²) in [6.45, 7) is 8.35. The van der Waals surface area contributed by atoms with Gasteiger partial charge in [-0.05, 0) is 57.0 Å². The van der Waals surface area contributed by atoms with Gasteiger partial charge in [-0.15, -0.1) is 0 Å². The summed E-state index contributed by atoms with van der Waals surface area (Å²) < 4.78 is 0. The lowest BCUT2D eigenvalue weighted by atomic mass is 9.80. The highest BCUT2D eigenvalue weighted by molar-refractivity contribution is 5.79. The lowest BCUT2D eigenvalue weighted by Gasteiger charge is -2.45. The molecule has 2 aliphatic rings. The van der Waals surface area contributed by atoms with Crippen LogP contribution in [0, 0.1) is 11.3 Å². The molecule has 0 aromatic rings. The molecule has 1 unspecified atom stereocenters. The molecular formula is C13H23NO2. The van der Waals surface area contributed by atoms with Gasteiger partial charge in [0.05, 0.1) is 0 Å². The molecule has 1 saturated carbocycles. The van der Waals surface area contributed by atoms with Crippen LogP contribution in [0.15, 0.2) is 0 Å². The molecule has 0 radical (unpaired) electrons. The SMILES string of the molecule is CC1(C)CCN(C(C)(C(=O)O)C2CC2)CC1. The summed E-state index contributed by atoms with van der Waals surface area (Å²) in [7, 11) is 0. The monoisotopic (exact) mass is 225 g/mol. The van der Waals surface area contributed by atoms with Gasteiger partial charge in [0.25, 0.3) is 0 Å². The fourth-order valence-corrected chi connectivity index (χ4v) is 2.79. The van der Waals surface area contributed by atoms with Crippen LogP contribution in [0.1, 0.15) is 46.5 Å². The highest BCUT2D eigenvalue weighted by Gasteiger charge is 2.52. The fourth-order valence-electron chi connectivity index (χ4n) is 2.79. The van der Waals surface area contributed by atoms with Crippen molar-refractivity contribution in [1.82, 2.24) is 4.90 Å². The van der Waals surface area contributed by atoms with Crippen molar-refractivity contribution < 1.29 is 9.90 Å². The molecule has 0 spiro atoms. The second-order valence-electron chi connectivity index (χ2n) is 6.38. The number of nitrogens with zero attached hydrogens (tertiary/aromatic N) is 1. The Morgan fingerprint density at radius 3 is 2.19 bits per heavy atom. The van der Waals surface area contributed by atoms with E-state index in [9.17, 15) is 9.90 Å². The van der Waals surface area contributed by atoms with Crippen molar-refractivity contribution in [3.05, 3.63) is 0 Å². The quantitative estimate of drug-likeness (QED) is 0.801. The molecule has 1 heterocycles. The Labute approximate surface area is 97.8 Å². The summed E-state index contributed by atoms with van der Waals surface area (Å²) >= 11 is 0. The molecule has 3 heteroatoms. The van der Waals surface area contributed by atoms with E-state index in [4.69, 9.17) is 0 Å². The van der Waals surface area contributed by atoms with E-state index < -0.39 is 11.5 Å². The number of carbonyl (C=O) groups is 1. The Morgan fingerprint density at radius 1 is 1.31 bits per heavy atom. The summed E-state index contributed by atoms with van der Waals surface area (Å²) in [5.41, 5.74) is -0.212. The third-order valence-electron chi connectivity index (χ3n) is 4.58. The number of piperidine rings is 1. The van der Waals surface area contributed by atoms with Crippen LogP contribution in [-0.4, -0.2) is 34.6 Å². The normalized spacial score (nSPS) is 29.7. The maximum absolute atomic E-state index is 11.5. The minimum atomic E-state index is -0.630. The average Bonchev–Trinajstić information content (AvgIpc) is 2.99. The van der Waals surface area contributed by atoms with Crippen molar-refractivity contribution in [1.29, 1.82) is 0 Å². The van der Waals surface area contributed by atoms with E-state index in [1.807, 2.05) is 6.92 Å². The van der Waals surface area contributed by atoms with Crippen LogP contribution in [0.3, 0.4) is 0 Å². The number of hydrogen-bond donors (Lipinski definition) is 1. The zero-order valence-electron chi connectivity index (χ0n) is 10.6. The number of carboxylic acid groups (broad SMARTS) is 1. The molecule has 0 aromatic heterocycles. The highest BCUT2D eigenvalue weighted by Crippen LogP contribution is 2.45. The first-order valence-corrected chi connectivity index (χ1v) is 6.35. The lowest BCUT2D eigenvalue weighted by molar-refractivity contribution is -0.154. The van der Waals surface area contributed by atoms with Crippen LogP contribution in [0.4, 0.5) is 0 Å². The Kier molecular flexibility index (Phi) is 2.77. The van der Waals surface area contributed by atoms with Crippen molar-refractivity contribution in [2.75, 3.05) is 13.1 Å². The van der Waals surface area contributed by atoms with E-state index in [0.29, 0.717) is 11.3 Å². The molecule has 0 bridgehead atoms. The maximum Gasteiger partial charge on any atom is 0.324 e. The third kappa shape index (κ3) is 1.97. The second-order valence-corrected chi connectivity index (χ2v) is 6.38. The van der Waals surface area contributed by atoms with Crippen molar-refractivity contribution >= 4 is 5.97 Å². The van der Waals surface area contributed by atoms with Crippen LogP contribution >= 0.6 is 0 Å². The first kappa shape index (κ1) is 11.9. The molecule has 92 valence electrons. The number of carboxylic acids is 1. The van der Waals surface area contributed by atoms with Gasteiger partial charge in [-0.1, -0.05) is 13.8 Å². The minimum Gasteiger partial charge on any atom is -0.480 e. The van der Waals surface area contributed by atoms with Crippen molar-refractivity contribution in [2.24, 2.45) is 11.3 Å². The van der Waals surface area contributed by atoms with Gasteiger partial charge in [-0.25, -0.2) is 0 Å². The van der Waals surface area contributed by atoms with Crippen molar-refractivity contribution in [3.8, 4) is 0 Å². The molecular weight excluding hydrogens is 202 g/mol. The van der Waals surface area contributed by atoms with Gasteiger partial charge in [0.15, 0.2) is 0 Å². The van der Waals surface area contributed by atoms with Gasteiger partial charge in [0.2, 0.25) is 0 Å². The van der Waals surface area contributed by atoms with Crippen LogP contribution in [0.25, 0.3) is 0 Å². The van der Waals surface area contributed by atoms with Gasteiger partial charge in [0.1, 0.15) is 5.54 Å². The van der Waals surface area contributed by atoms with E-state index in [1.54, 1.807) is 0 Å². The molecule has 1 saturated heterocycles. The smallest absolute Gasteiger partial charge is 0.324 e. The Hall–Kier alpha value is -0.570. The van der Waals surface area contributed by atoms with Crippen LogP contribution < -0.4 is 0 Å². The summed E-state index contributed by atoms with van der Waals surface area (Å²) in [5, 5.41) is 9.48. The summed E-state index contributed by atoms with van der Waals surface area (Å²) in [6, 6.07) is 0. The molecule has 0 aromatic carbocycles. The lowest BCUT2D eigenvalue weighted by Crippen LogP contribution is -2.57. The fraction of sp³-hybridized carbons (Fsp3) is 0.923. The largest absolute Gasteiger partial charge is 0.480 e. The zero-order chi connectivity index (χ0) is 12.0. The third-order valence-corrected chi connectivity index (χ3v) is 4.58. The van der Waals surface area contributed by atoms with Crippen LogP contribution in [-0.2, 0) is 4.79 Å². The highest BCUT2D eigenvalue weighted by atomic mass is 16.4. The number of likely N-dealkylation sites (tertiary alicyclic amines) is 1. The molecule has 3 nitrogen and oxygen atoms in total. The minimum absolute atomic E-state index is 0.381. The Morgan fingerprint density at radius 2 is 1.81 bits per heavy atom. The zero-order valence-corrected chi connectivity index (χ0v) is 10.6. The predicted molar refractivity (Wildman–Crippen MR) is 63.4 cm³/mol. The van der Waals surface area contributed by atoms with Gasteiger partial charge in [-0.2, -0.15) is 0 Å². The van der Waals surface area contributed by atoms with E-state index in [2.05, 4.69) is 18.7 Å². The molecule has 1 atom stereocenters. The summed E-state index contributed by atoms with van der Waals surface area (Å²) in [6.07, 6.45) is 4.40. The van der Waals surface area contributed by atoms with Gasteiger partial charge in [-0.3, -0.25) is 9.69 Å². The van der Waals surface area contributed by atoms with E-state index in [1.165, 1.54) is 0 Å². The molecule has 1 N–H and O–H groups in total. The van der Waals surface area contributed by atoms with Crippen LogP contribution in [0.5, 0.6) is 0 Å². The molecule has 2 fully saturated rings. The van der Waals surface area contributed by atoms with Crippen LogP contribution in [0.2, 0.25) is 0 Å². The topological polar surface area (TPSA) is 40.5 Å². The van der Waals surface area contributed by atoms with Gasteiger partial charge >= 0.3 is 5.97 Å². The van der Waals surface area contributed by atoms with E-state index in [0.717, 1.165) is 38.8 Å². The van der Waals surface area contributed by atoms with Gasteiger partial charge in [0, 0.05) is 0 Å². The van der Waals surface area contributed by atoms with E-state index >= 15 is 0 Å². The van der Waals surface area contributed by atoms with Crippen molar-refractivity contribution in [2.45, 2.75) is 52.0 Å². The standard InChI is InChI=1S/C13H23NO2/c1-12(2)6-8-14(9-7-12)13(3,11(15)16)10-4-5-10/h10H,4-9H2,1-3H3,(H,15,16). The molecule has 16 heavy (non-hydrogen) atoms. The molecule has 2 rings (SSSR count). The number of rotatable bonds is 3. The molecule has 0 amide bonds. The van der Waals surface area contributed by atoms with E-state index in [-0.39, 0.29) is 0 Å². The van der Waals surface area contributed by atoms with Crippen molar-refractivity contribution in [3.63, 3.8) is 0 Å². The maximum atomic E-state index is 11.5. The first-order valence-electron chi connectivity index (χ1n) is 6.35. The Balaban J connectivity index is 2.08. The van der Waals surface area contributed by atoms with Gasteiger partial charge < -0.3 is 5.11 Å². The molecule has 1 aliphatic heterocycles. The predicted octanol–water partition coefficient (Wildman–Crippen LogP) is 2.36.